The zero-order valence-electron chi connectivity index (χ0n) is 9.92. The number of aliphatic hydroxyl groups excluding tert-OH is 1. The quantitative estimate of drug-likeness (QED) is 0.755. The number of nitrogens with zero attached hydrogens (tertiary/aromatic N) is 1. The Balaban J connectivity index is 2.23. The molecule has 84 valence electrons. The third-order valence-electron chi connectivity index (χ3n) is 2.96. The van der Waals surface area contributed by atoms with Gasteiger partial charge >= 0.3 is 0 Å². The molecule has 1 heterocycles. The lowest BCUT2D eigenvalue weighted by atomic mass is 9.90. The van der Waals surface area contributed by atoms with Crippen molar-refractivity contribution in [2.45, 2.75) is 59.1 Å². The van der Waals surface area contributed by atoms with Crippen LogP contribution in [0.3, 0.4) is 0 Å². The normalized spacial score (nSPS) is 22.3. The number of rotatable bonds is 3. The third kappa shape index (κ3) is 4.43. The molecule has 1 rings (SSSR count). The highest BCUT2D eigenvalue weighted by atomic mass is 16.3. The zero-order valence-corrected chi connectivity index (χ0v) is 9.92. The van der Waals surface area contributed by atoms with Gasteiger partial charge in [-0.25, -0.2) is 0 Å². The van der Waals surface area contributed by atoms with Gasteiger partial charge in [0.25, 0.3) is 0 Å². The Morgan fingerprint density at radius 3 is 2.21 bits per heavy atom. The fraction of sp³-hybridized carbons (Fsp3) is 1.00. The largest absolute Gasteiger partial charge is 0.378 e. The summed E-state index contributed by atoms with van der Waals surface area (Å²) < 4.78 is 0. The van der Waals surface area contributed by atoms with E-state index >= 15 is 0 Å². The van der Waals surface area contributed by atoms with Crippen LogP contribution in [0, 0.1) is 5.41 Å². The van der Waals surface area contributed by atoms with Gasteiger partial charge in [0.1, 0.15) is 6.23 Å². The molecule has 0 radical (unpaired) electrons. The average molecular weight is 199 g/mol. The van der Waals surface area contributed by atoms with Gasteiger partial charge < -0.3 is 5.11 Å². The van der Waals surface area contributed by atoms with E-state index in [1.807, 2.05) is 0 Å². The molecule has 1 aliphatic rings. The van der Waals surface area contributed by atoms with Crippen LogP contribution in [-0.2, 0) is 0 Å². The minimum absolute atomic E-state index is 0.200. The molecule has 0 amide bonds. The molecule has 0 aromatic carbocycles. The minimum atomic E-state index is -0.200. The van der Waals surface area contributed by atoms with E-state index in [4.69, 9.17) is 0 Å². The van der Waals surface area contributed by atoms with Crippen molar-refractivity contribution >= 4 is 0 Å². The molecule has 0 spiro atoms. The second kappa shape index (κ2) is 5.13. The highest BCUT2D eigenvalue weighted by Gasteiger charge is 2.20. The van der Waals surface area contributed by atoms with Gasteiger partial charge in [-0.05, 0) is 31.1 Å². The highest BCUT2D eigenvalue weighted by Crippen LogP contribution is 2.23. The lowest BCUT2D eigenvalue weighted by Gasteiger charge is -2.32. The van der Waals surface area contributed by atoms with Crippen molar-refractivity contribution in [3.05, 3.63) is 0 Å². The molecule has 1 atom stereocenters. The topological polar surface area (TPSA) is 23.5 Å². The first-order chi connectivity index (χ1) is 6.49. The molecule has 2 nitrogen and oxygen atoms in total. The Bertz CT molecular complexity index is 156. The maximum Gasteiger partial charge on any atom is 0.107 e. The first-order valence-corrected chi connectivity index (χ1v) is 5.91. The van der Waals surface area contributed by atoms with Crippen LogP contribution in [0.4, 0.5) is 0 Å². The zero-order chi connectivity index (χ0) is 10.6. The molecule has 0 aromatic rings. The molecular formula is C12H25NO. The summed E-state index contributed by atoms with van der Waals surface area (Å²) in [5, 5.41) is 9.96. The Morgan fingerprint density at radius 1 is 1.14 bits per heavy atom. The third-order valence-corrected chi connectivity index (χ3v) is 2.96. The second-order valence-electron chi connectivity index (χ2n) is 5.68. The monoisotopic (exact) mass is 199 g/mol. The first kappa shape index (κ1) is 12.0. The molecule has 0 bridgehead atoms. The Labute approximate surface area is 88.3 Å². The fourth-order valence-corrected chi connectivity index (χ4v) is 1.96. The van der Waals surface area contributed by atoms with E-state index in [1.165, 1.54) is 19.3 Å². The van der Waals surface area contributed by atoms with Gasteiger partial charge in [0.2, 0.25) is 0 Å². The number of hydrogen-bond acceptors (Lipinski definition) is 2. The van der Waals surface area contributed by atoms with Crippen molar-refractivity contribution in [2.75, 3.05) is 13.1 Å². The Hall–Kier alpha value is -0.0800. The van der Waals surface area contributed by atoms with Crippen molar-refractivity contribution in [3.8, 4) is 0 Å². The van der Waals surface area contributed by atoms with Crippen molar-refractivity contribution in [2.24, 2.45) is 5.41 Å². The van der Waals surface area contributed by atoms with Crippen molar-refractivity contribution in [1.82, 2.24) is 4.90 Å². The molecule has 1 N–H and O–H groups in total. The van der Waals surface area contributed by atoms with Crippen molar-refractivity contribution in [1.29, 1.82) is 0 Å². The van der Waals surface area contributed by atoms with Crippen molar-refractivity contribution in [3.63, 3.8) is 0 Å². The van der Waals surface area contributed by atoms with Crippen LogP contribution < -0.4 is 0 Å². The number of aliphatic hydroxyl groups is 1. The lowest BCUT2D eigenvalue weighted by Crippen LogP contribution is -2.39. The summed E-state index contributed by atoms with van der Waals surface area (Å²) in [4.78, 5) is 2.23. The van der Waals surface area contributed by atoms with Gasteiger partial charge in [-0.3, -0.25) is 4.90 Å². The molecular weight excluding hydrogens is 174 g/mol. The number of piperidine rings is 1. The van der Waals surface area contributed by atoms with E-state index in [-0.39, 0.29) is 6.23 Å². The molecule has 0 aliphatic carbocycles. The lowest BCUT2D eigenvalue weighted by molar-refractivity contribution is -0.0196. The van der Waals surface area contributed by atoms with E-state index in [9.17, 15) is 5.11 Å². The van der Waals surface area contributed by atoms with Crippen LogP contribution in [0.15, 0.2) is 0 Å². The summed E-state index contributed by atoms with van der Waals surface area (Å²) in [6.45, 7) is 8.87. The van der Waals surface area contributed by atoms with E-state index < -0.39 is 0 Å². The summed E-state index contributed by atoms with van der Waals surface area (Å²) in [6.07, 6.45) is 5.67. The van der Waals surface area contributed by atoms with Gasteiger partial charge in [-0.15, -0.1) is 0 Å². The van der Waals surface area contributed by atoms with Gasteiger partial charge in [0.05, 0.1) is 0 Å². The Morgan fingerprint density at radius 2 is 1.71 bits per heavy atom. The molecule has 1 aliphatic heterocycles. The number of hydrogen-bond donors (Lipinski definition) is 1. The summed E-state index contributed by atoms with van der Waals surface area (Å²) in [7, 11) is 0. The van der Waals surface area contributed by atoms with E-state index in [0.717, 1.165) is 25.9 Å². The second-order valence-corrected chi connectivity index (χ2v) is 5.68. The summed E-state index contributed by atoms with van der Waals surface area (Å²) in [6, 6.07) is 0. The minimum Gasteiger partial charge on any atom is -0.378 e. The predicted molar refractivity (Wildman–Crippen MR) is 60.1 cm³/mol. The summed E-state index contributed by atoms with van der Waals surface area (Å²) >= 11 is 0. The Kier molecular flexibility index (Phi) is 4.39. The molecule has 1 saturated heterocycles. The SMILES string of the molecule is CC(C)(C)CCC(O)N1CCCCC1. The maximum atomic E-state index is 9.96. The predicted octanol–water partition coefficient (Wildman–Crippen LogP) is 2.62. The molecule has 14 heavy (non-hydrogen) atoms. The summed E-state index contributed by atoms with van der Waals surface area (Å²) in [5.41, 5.74) is 0.344. The molecule has 2 heteroatoms. The first-order valence-electron chi connectivity index (χ1n) is 5.91. The smallest absolute Gasteiger partial charge is 0.107 e. The van der Waals surface area contributed by atoms with Gasteiger partial charge in [-0.2, -0.15) is 0 Å². The van der Waals surface area contributed by atoms with E-state index in [1.54, 1.807) is 0 Å². The van der Waals surface area contributed by atoms with E-state index in [2.05, 4.69) is 25.7 Å². The van der Waals surface area contributed by atoms with Crippen molar-refractivity contribution < 1.29 is 5.11 Å². The van der Waals surface area contributed by atoms with E-state index in [0.29, 0.717) is 5.41 Å². The number of likely N-dealkylation sites (tertiary alicyclic amines) is 1. The average Bonchev–Trinajstić information content (AvgIpc) is 2.14. The van der Waals surface area contributed by atoms with Crippen LogP contribution >= 0.6 is 0 Å². The highest BCUT2D eigenvalue weighted by molar-refractivity contribution is 4.70. The molecule has 1 unspecified atom stereocenters. The standard InChI is InChI=1S/C12H25NO/c1-12(2,3)8-7-11(14)13-9-5-4-6-10-13/h11,14H,4-10H2,1-3H3. The van der Waals surface area contributed by atoms with Crippen LogP contribution in [-0.4, -0.2) is 29.3 Å². The fourth-order valence-electron chi connectivity index (χ4n) is 1.96. The van der Waals surface area contributed by atoms with Crippen LogP contribution in [0.2, 0.25) is 0 Å². The van der Waals surface area contributed by atoms with Gasteiger partial charge in [0, 0.05) is 13.1 Å². The van der Waals surface area contributed by atoms with Crippen LogP contribution in [0.25, 0.3) is 0 Å². The molecule has 0 saturated carbocycles. The van der Waals surface area contributed by atoms with Crippen LogP contribution in [0.5, 0.6) is 0 Å². The van der Waals surface area contributed by atoms with Gasteiger partial charge in [-0.1, -0.05) is 27.2 Å². The summed E-state index contributed by atoms with van der Waals surface area (Å²) in [5.74, 6) is 0. The maximum absolute atomic E-state index is 9.96. The van der Waals surface area contributed by atoms with Crippen LogP contribution in [0.1, 0.15) is 52.9 Å². The molecule has 1 fully saturated rings. The van der Waals surface area contributed by atoms with Gasteiger partial charge in [0.15, 0.2) is 0 Å². The molecule has 0 aromatic heterocycles.